The van der Waals surface area contributed by atoms with Crippen molar-refractivity contribution in [3.05, 3.63) is 48.0 Å². The van der Waals surface area contributed by atoms with Crippen LogP contribution in [0.25, 0.3) is 0 Å². The summed E-state index contributed by atoms with van der Waals surface area (Å²) in [5.74, 6) is 2.13. The molecule has 1 aliphatic heterocycles. The zero-order valence-corrected chi connectivity index (χ0v) is 18.1. The first-order chi connectivity index (χ1) is 15.1. The predicted octanol–water partition coefficient (Wildman–Crippen LogP) is 4.46. The third-order valence-electron chi connectivity index (χ3n) is 6.54. The quantitative estimate of drug-likeness (QED) is 0.595. The van der Waals surface area contributed by atoms with Gasteiger partial charge in [-0.2, -0.15) is 0 Å². The van der Waals surface area contributed by atoms with Gasteiger partial charge in [-0.05, 0) is 61.3 Å². The fourth-order valence-corrected chi connectivity index (χ4v) is 5.35. The maximum Gasteiger partial charge on any atom is 0.252 e. The van der Waals surface area contributed by atoms with E-state index >= 15 is 0 Å². The molecule has 6 nitrogen and oxygen atoms in total. The van der Waals surface area contributed by atoms with Gasteiger partial charge >= 0.3 is 0 Å². The van der Waals surface area contributed by atoms with Crippen molar-refractivity contribution in [2.45, 2.75) is 37.0 Å². The van der Waals surface area contributed by atoms with E-state index in [9.17, 15) is 9.59 Å². The molecule has 2 saturated carbocycles. The smallest absolute Gasteiger partial charge is 0.252 e. The van der Waals surface area contributed by atoms with Gasteiger partial charge < -0.3 is 20.1 Å². The second kappa shape index (κ2) is 8.46. The Balaban J connectivity index is 1.17. The molecule has 0 saturated heterocycles. The molecule has 2 fully saturated rings. The highest BCUT2D eigenvalue weighted by Gasteiger charge is 2.48. The molecule has 0 aromatic heterocycles. The highest BCUT2D eigenvalue weighted by molar-refractivity contribution is 8.00. The molecule has 0 spiro atoms. The minimum atomic E-state index is -0.138. The third-order valence-corrected chi connectivity index (χ3v) is 7.61. The largest absolute Gasteiger partial charge is 0.454 e. The molecule has 2 N–H and O–H groups in total. The van der Waals surface area contributed by atoms with Crippen LogP contribution in [0.5, 0.6) is 11.5 Å². The SMILES string of the molecule is O=C(CSc1ccccc1C(=O)NCC1(C2CC2)CCC1)Nc1ccc2c(c1)OCO2. The van der Waals surface area contributed by atoms with E-state index in [1.54, 1.807) is 18.2 Å². The maximum atomic E-state index is 12.9. The van der Waals surface area contributed by atoms with Crippen molar-refractivity contribution in [1.29, 1.82) is 0 Å². The van der Waals surface area contributed by atoms with Crippen LogP contribution in [0.3, 0.4) is 0 Å². The van der Waals surface area contributed by atoms with Gasteiger partial charge in [0.2, 0.25) is 12.7 Å². The first-order valence-corrected chi connectivity index (χ1v) is 11.8. The van der Waals surface area contributed by atoms with Crippen molar-refractivity contribution in [3.63, 3.8) is 0 Å². The lowest BCUT2D eigenvalue weighted by Gasteiger charge is -2.42. The molecule has 31 heavy (non-hydrogen) atoms. The molecule has 2 aromatic rings. The molecular formula is C24H26N2O4S. The highest BCUT2D eigenvalue weighted by Crippen LogP contribution is 2.56. The van der Waals surface area contributed by atoms with E-state index in [1.165, 1.54) is 43.9 Å². The van der Waals surface area contributed by atoms with E-state index in [-0.39, 0.29) is 24.4 Å². The summed E-state index contributed by atoms with van der Waals surface area (Å²) in [5.41, 5.74) is 1.63. The van der Waals surface area contributed by atoms with Crippen molar-refractivity contribution in [1.82, 2.24) is 5.32 Å². The van der Waals surface area contributed by atoms with Crippen LogP contribution in [0.2, 0.25) is 0 Å². The topological polar surface area (TPSA) is 76.7 Å². The third kappa shape index (κ3) is 4.37. The molecule has 3 aliphatic rings. The number of thioether (sulfide) groups is 1. The Morgan fingerprint density at radius 3 is 2.65 bits per heavy atom. The summed E-state index contributed by atoms with van der Waals surface area (Å²) in [6.45, 7) is 0.962. The van der Waals surface area contributed by atoms with Gasteiger partial charge in [0.25, 0.3) is 5.91 Å². The normalized spacial score (nSPS) is 18.2. The molecule has 2 amide bonds. The number of nitrogens with one attached hydrogen (secondary N) is 2. The van der Waals surface area contributed by atoms with E-state index in [0.29, 0.717) is 28.2 Å². The number of anilines is 1. The number of amides is 2. The van der Waals surface area contributed by atoms with Gasteiger partial charge in [-0.1, -0.05) is 18.6 Å². The molecule has 0 unspecified atom stereocenters. The standard InChI is InChI=1S/C24H26N2O4S/c27-22(26-17-8-9-19-20(12-17)30-15-29-19)13-31-21-5-2-1-4-18(21)23(28)25-14-24(10-3-11-24)16-6-7-16/h1-2,4-5,8-9,12,16H,3,6-7,10-11,13-15H2,(H,25,28)(H,26,27). The summed E-state index contributed by atoms with van der Waals surface area (Å²) < 4.78 is 10.6. The number of hydrogen-bond acceptors (Lipinski definition) is 5. The van der Waals surface area contributed by atoms with E-state index in [2.05, 4.69) is 10.6 Å². The Morgan fingerprint density at radius 2 is 1.87 bits per heavy atom. The minimum absolute atomic E-state index is 0.0498. The molecule has 2 aromatic carbocycles. The van der Waals surface area contributed by atoms with Gasteiger partial charge in [0.15, 0.2) is 11.5 Å². The fraction of sp³-hybridized carbons (Fsp3) is 0.417. The number of carbonyl (C=O) groups is 2. The lowest BCUT2D eigenvalue weighted by atomic mass is 9.65. The summed E-state index contributed by atoms with van der Waals surface area (Å²) >= 11 is 1.37. The van der Waals surface area contributed by atoms with E-state index in [0.717, 1.165) is 17.4 Å². The van der Waals surface area contributed by atoms with Gasteiger partial charge in [0.1, 0.15) is 0 Å². The average molecular weight is 439 g/mol. The second-order valence-corrected chi connectivity index (χ2v) is 9.59. The first-order valence-electron chi connectivity index (χ1n) is 10.8. The van der Waals surface area contributed by atoms with Crippen molar-refractivity contribution in [2.24, 2.45) is 11.3 Å². The number of ether oxygens (including phenoxy) is 2. The van der Waals surface area contributed by atoms with Gasteiger partial charge in [-0.15, -0.1) is 11.8 Å². The Kier molecular flexibility index (Phi) is 5.52. The molecule has 0 radical (unpaired) electrons. The summed E-state index contributed by atoms with van der Waals surface area (Å²) in [5, 5.41) is 6.05. The Labute approximate surface area is 186 Å². The molecule has 0 bridgehead atoms. The average Bonchev–Trinajstić information content (AvgIpc) is 3.49. The van der Waals surface area contributed by atoms with Gasteiger partial charge in [0.05, 0.1) is 11.3 Å². The van der Waals surface area contributed by atoms with E-state index in [4.69, 9.17) is 9.47 Å². The van der Waals surface area contributed by atoms with Crippen LogP contribution in [-0.2, 0) is 4.79 Å². The van der Waals surface area contributed by atoms with Crippen LogP contribution in [0, 0.1) is 11.3 Å². The van der Waals surface area contributed by atoms with Gasteiger partial charge in [-0.25, -0.2) is 0 Å². The van der Waals surface area contributed by atoms with Crippen LogP contribution in [-0.4, -0.2) is 30.9 Å². The molecular weight excluding hydrogens is 412 g/mol. The van der Waals surface area contributed by atoms with Crippen molar-refractivity contribution < 1.29 is 19.1 Å². The minimum Gasteiger partial charge on any atom is -0.454 e. The highest BCUT2D eigenvalue weighted by atomic mass is 32.2. The summed E-state index contributed by atoms with van der Waals surface area (Å²) in [4.78, 5) is 26.2. The zero-order chi connectivity index (χ0) is 21.3. The number of fused-ring (bicyclic) bond motifs is 1. The Bertz CT molecular complexity index is 1000. The number of carbonyl (C=O) groups excluding carboxylic acids is 2. The number of rotatable bonds is 8. The van der Waals surface area contributed by atoms with Crippen LogP contribution in [0.1, 0.15) is 42.5 Å². The summed E-state index contributed by atoms with van der Waals surface area (Å²) in [6.07, 6.45) is 6.35. The van der Waals surface area contributed by atoms with Crippen LogP contribution in [0.4, 0.5) is 5.69 Å². The summed E-state index contributed by atoms with van der Waals surface area (Å²) in [6, 6.07) is 12.8. The van der Waals surface area contributed by atoms with Crippen LogP contribution >= 0.6 is 11.8 Å². The molecule has 5 rings (SSSR count). The van der Waals surface area contributed by atoms with Crippen molar-refractivity contribution >= 4 is 29.3 Å². The fourth-order valence-electron chi connectivity index (χ4n) is 4.50. The van der Waals surface area contributed by atoms with E-state index in [1.807, 2.05) is 24.3 Å². The monoisotopic (exact) mass is 438 g/mol. The molecule has 1 heterocycles. The van der Waals surface area contributed by atoms with Crippen molar-refractivity contribution in [3.8, 4) is 11.5 Å². The molecule has 162 valence electrons. The second-order valence-electron chi connectivity index (χ2n) is 8.57. The van der Waals surface area contributed by atoms with Crippen LogP contribution in [0.15, 0.2) is 47.4 Å². The lowest BCUT2D eigenvalue weighted by molar-refractivity contribution is -0.113. The van der Waals surface area contributed by atoms with E-state index < -0.39 is 0 Å². The number of benzene rings is 2. The van der Waals surface area contributed by atoms with Gasteiger partial charge in [0, 0.05) is 23.2 Å². The van der Waals surface area contributed by atoms with Gasteiger partial charge in [-0.3, -0.25) is 9.59 Å². The summed E-state index contributed by atoms with van der Waals surface area (Å²) in [7, 11) is 0. The predicted molar refractivity (Wildman–Crippen MR) is 120 cm³/mol. The zero-order valence-electron chi connectivity index (χ0n) is 17.3. The molecule has 0 atom stereocenters. The molecule has 2 aliphatic carbocycles. The number of hydrogen-bond donors (Lipinski definition) is 2. The Morgan fingerprint density at radius 1 is 1.06 bits per heavy atom. The van der Waals surface area contributed by atoms with Crippen molar-refractivity contribution in [2.75, 3.05) is 24.4 Å². The Hall–Kier alpha value is -2.67. The maximum absolute atomic E-state index is 12.9. The molecule has 7 heteroatoms. The first kappa shape index (κ1) is 20.2. The van der Waals surface area contributed by atoms with Crippen LogP contribution < -0.4 is 20.1 Å². The lowest BCUT2D eigenvalue weighted by Crippen LogP contribution is -2.43.